The first-order valence-corrected chi connectivity index (χ1v) is 5.94. The van der Waals surface area contributed by atoms with Crippen LogP contribution in [-0.2, 0) is 6.42 Å². The molecule has 0 fully saturated rings. The summed E-state index contributed by atoms with van der Waals surface area (Å²) >= 11 is 0. The second-order valence-corrected chi connectivity index (χ2v) is 4.35. The molecule has 0 radical (unpaired) electrons. The summed E-state index contributed by atoms with van der Waals surface area (Å²) in [7, 11) is 0. The van der Waals surface area contributed by atoms with Crippen molar-refractivity contribution < 1.29 is 9.50 Å². The van der Waals surface area contributed by atoms with Gasteiger partial charge in [-0.3, -0.25) is 4.98 Å². The Hall–Kier alpha value is -2.27. The number of hydrogen-bond acceptors (Lipinski definition) is 3. The van der Waals surface area contributed by atoms with Gasteiger partial charge >= 0.3 is 0 Å². The van der Waals surface area contributed by atoms with Crippen LogP contribution in [0.25, 0.3) is 5.52 Å². The van der Waals surface area contributed by atoms with E-state index in [1.165, 1.54) is 12.1 Å². The van der Waals surface area contributed by atoms with Gasteiger partial charge in [-0.15, -0.1) is 0 Å². The highest BCUT2D eigenvalue weighted by molar-refractivity contribution is 5.52. The fourth-order valence-corrected chi connectivity index (χ4v) is 2.06. The van der Waals surface area contributed by atoms with Crippen molar-refractivity contribution in [3.8, 4) is 0 Å². The van der Waals surface area contributed by atoms with E-state index in [2.05, 4.69) is 10.1 Å². The molecule has 0 amide bonds. The van der Waals surface area contributed by atoms with Crippen LogP contribution in [-0.4, -0.2) is 19.7 Å². The molecule has 1 unspecified atom stereocenters. The number of rotatable bonds is 3. The Kier molecular flexibility index (Phi) is 2.97. The Morgan fingerprint density at radius 3 is 2.79 bits per heavy atom. The summed E-state index contributed by atoms with van der Waals surface area (Å²) in [6.45, 7) is 0. The molecule has 0 aliphatic carbocycles. The van der Waals surface area contributed by atoms with Crippen LogP contribution in [0.4, 0.5) is 4.39 Å². The number of hydrogen-bond donors (Lipinski definition) is 1. The first-order chi connectivity index (χ1) is 9.24. The molecule has 3 rings (SSSR count). The summed E-state index contributed by atoms with van der Waals surface area (Å²) in [5.41, 5.74) is 2.37. The lowest BCUT2D eigenvalue weighted by Gasteiger charge is -2.09. The highest BCUT2D eigenvalue weighted by Crippen LogP contribution is 2.22. The van der Waals surface area contributed by atoms with Gasteiger partial charge in [0.1, 0.15) is 5.82 Å². The van der Waals surface area contributed by atoms with E-state index in [-0.39, 0.29) is 5.82 Å². The predicted octanol–water partition coefficient (Wildman–Crippen LogP) is 2.14. The maximum Gasteiger partial charge on any atom is 0.123 e. The first-order valence-electron chi connectivity index (χ1n) is 5.94. The maximum atomic E-state index is 12.8. The van der Waals surface area contributed by atoms with Crippen molar-refractivity contribution in [1.82, 2.24) is 14.6 Å². The monoisotopic (exact) mass is 257 g/mol. The molecule has 0 aliphatic heterocycles. The number of halogens is 1. The summed E-state index contributed by atoms with van der Waals surface area (Å²) in [6, 6.07) is 6.12. The van der Waals surface area contributed by atoms with Gasteiger partial charge in [0.25, 0.3) is 0 Å². The predicted molar refractivity (Wildman–Crippen MR) is 68.1 cm³/mol. The molecule has 5 heteroatoms. The standard InChI is InChI=1S/C14H12FN3O/c15-11-3-1-10(2-4-11)7-14(19)12-8-17-18-6-5-16-9-13(12)18/h1-6,8-9,14,19H,7H2. The molecular formula is C14H12FN3O. The lowest BCUT2D eigenvalue weighted by atomic mass is 10.0. The maximum absolute atomic E-state index is 12.8. The molecule has 2 aromatic heterocycles. The summed E-state index contributed by atoms with van der Waals surface area (Å²) in [6.07, 6.45) is 6.38. The van der Waals surface area contributed by atoms with Crippen molar-refractivity contribution in [2.45, 2.75) is 12.5 Å². The lowest BCUT2D eigenvalue weighted by molar-refractivity contribution is 0.180. The Labute approximate surface area is 109 Å². The van der Waals surface area contributed by atoms with E-state index >= 15 is 0 Å². The van der Waals surface area contributed by atoms with Crippen LogP contribution < -0.4 is 0 Å². The van der Waals surface area contributed by atoms with E-state index in [4.69, 9.17) is 0 Å². The Morgan fingerprint density at radius 2 is 2.00 bits per heavy atom. The van der Waals surface area contributed by atoms with E-state index in [1.807, 2.05) is 0 Å². The minimum Gasteiger partial charge on any atom is -0.388 e. The van der Waals surface area contributed by atoms with Crippen molar-refractivity contribution >= 4 is 5.52 Å². The van der Waals surface area contributed by atoms with Crippen LogP contribution >= 0.6 is 0 Å². The minimum absolute atomic E-state index is 0.279. The second kappa shape index (κ2) is 4.78. The number of nitrogens with zero attached hydrogens (tertiary/aromatic N) is 3. The van der Waals surface area contributed by atoms with Crippen LogP contribution in [0.5, 0.6) is 0 Å². The summed E-state index contributed by atoms with van der Waals surface area (Å²) < 4.78 is 14.5. The van der Waals surface area contributed by atoms with E-state index in [0.29, 0.717) is 6.42 Å². The second-order valence-electron chi connectivity index (χ2n) is 4.35. The highest BCUT2D eigenvalue weighted by Gasteiger charge is 2.14. The van der Waals surface area contributed by atoms with Crippen LogP contribution in [0.2, 0.25) is 0 Å². The molecule has 3 aromatic rings. The normalized spacial score (nSPS) is 12.7. The average Bonchev–Trinajstić information content (AvgIpc) is 2.85. The number of aromatic nitrogens is 3. The molecule has 1 aromatic carbocycles. The zero-order chi connectivity index (χ0) is 13.2. The largest absolute Gasteiger partial charge is 0.388 e. The number of fused-ring (bicyclic) bond motifs is 1. The number of benzene rings is 1. The lowest BCUT2D eigenvalue weighted by Crippen LogP contribution is -2.01. The smallest absolute Gasteiger partial charge is 0.123 e. The molecule has 0 bridgehead atoms. The van der Waals surface area contributed by atoms with Gasteiger partial charge in [-0.05, 0) is 17.7 Å². The van der Waals surface area contributed by atoms with Gasteiger partial charge in [0, 0.05) is 24.4 Å². The molecule has 96 valence electrons. The molecule has 0 saturated heterocycles. The summed E-state index contributed by atoms with van der Waals surface area (Å²) in [4.78, 5) is 4.03. The Balaban J connectivity index is 1.87. The topological polar surface area (TPSA) is 50.4 Å². The Morgan fingerprint density at radius 1 is 1.21 bits per heavy atom. The van der Waals surface area contributed by atoms with Gasteiger partial charge in [0.05, 0.1) is 24.0 Å². The quantitative estimate of drug-likeness (QED) is 0.782. The van der Waals surface area contributed by atoms with Gasteiger partial charge in [-0.25, -0.2) is 8.91 Å². The molecule has 0 spiro atoms. The molecule has 2 heterocycles. The fourth-order valence-electron chi connectivity index (χ4n) is 2.06. The highest BCUT2D eigenvalue weighted by atomic mass is 19.1. The molecule has 4 nitrogen and oxygen atoms in total. The molecule has 0 aliphatic rings. The van der Waals surface area contributed by atoms with Crippen molar-refractivity contribution in [3.05, 3.63) is 66.0 Å². The van der Waals surface area contributed by atoms with Crippen LogP contribution in [0.1, 0.15) is 17.2 Å². The van der Waals surface area contributed by atoms with Gasteiger partial charge in [0.15, 0.2) is 0 Å². The molecular weight excluding hydrogens is 245 g/mol. The van der Waals surface area contributed by atoms with Crippen LogP contribution in [0, 0.1) is 5.82 Å². The molecule has 1 atom stereocenters. The van der Waals surface area contributed by atoms with Gasteiger partial charge in [-0.1, -0.05) is 12.1 Å². The third kappa shape index (κ3) is 2.32. The van der Waals surface area contributed by atoms with Crippen molar-refractivity contribution in [2.24, 2.45) is 0 Å². The van der Waals surface area contributed by atoms with Crippen molar-refractivity contribution in [1.29, 1.82) is 0 Å². The van der Waals surface area contributed by atoms with Gasteiger partial charge in [0.2, 0.25) is 0 Å². The molecule has 19 heavy (non-hydrogen) atoms. The van der Waals surface area contributed by atoms with Crippen molar-refractivity contribution in [2.75, 3.05) is 0 Å². The minimum atomic E-state index is -0.688. The summed E-state index contributed by atoms with van der Waals surface area (Å²) in [5, 5.41) is 14.4. The zero-order valence-corrected chi connectivity index (χ0v) is 10.1. The summed E-state index contributed by atoms with van der Waals surface area (Å²) in [5.74, 6) is -0.279. The fraction of sp³-hybridized carbons (Fsp3) is 0.143. The third-order valence-electron chi connectivity index (χ3n) is 3.06. The molecule has 1 N–H and O–H groups in total. The Bertz CT molecular complexity index is 693. The van der Waals surface area contributed by atoms with E-state index in [0.717, 1.165) is 16.6 Å². The van der Waals surface area contributed by atoms with Gasteiger partial charge in [-0.2, -0.15) is 5.10 Å². The SMILES string of the molecule is OC(Cc1ccc(F)cc1)c1cnn2ccncc12. The average molecular weight is 257 g/mol. The van der Waals surface area contributed by atoms with E-state index in [1.54, 1.807) is 41.4 Å². The van der Waals surface area contributed by atoms with E-state index in [9.17, 15) is 9.50 Å². The molecule has 0 saturated carbocycles. The van der Waals surface area contributed by atoms with Crippen LogP contribution in [0.15, 0.2) is 49.1 Å². The number of aliphatic hydroxyl groups excluding tert-OH is 1. The zero-order valence-electron chi connectivity index (χ0n) is 10.1. The van der Waals surface area contributed by atoms with Crippen molar-refractivity contribution in [3.63, 3.8) is 0 Å². The van der Waals surface area contributed by atoms with E-state index < -0.39 is 6.10 Å². The van der Waals surface area contributed by atoms with Crippen LogP contribution in [0.3, 0.4) is 0 Å². The van der Waals surface area contributed by atoms with Gasteiger partial charge < -0.3 is 5.11 Å². The first kappa shape index (κ1) is 11.8. The number of aliphatic hydroxyl groups is 1. The third-order valence-corrected chi connectivity index (χ3v) is 3.06.